The largest absolute Gasteiger partial charge is 0.388 e. The maximum absolute atomic E-state index is 12.9. The molecule has 1 aromatic heterocycles. The second-order valence-corrected chi connectivity index (χ2v) is 12.1. The van der Waals surface area contributed by atoms with Gasteiger partial charge < -0.3 is 30.5 Å². The van der Waals surface area contributed by atoms with Crippen LogP contribution >= 0.6 is 0 Å². The van der Waals surface area contributed by atoms with E-state index in [0.29, 0.717) is 77.4 Å². The van der Waals surface area contributed by atoms with Crippen molar-refractivity contribution in [2.24, 2.45) is 0 Å². The Hall–Kier alpha value is -3.38. The van der Waals surface area contributed by atoms with Crippen LogP contribution in [0.1, 0.15) is 12.1 Å². The van der Waals surface area contributed by atoms with Crippen molar-refractivity contribution in [1.82, 2.24) is 45.3 Å². The van der Waals surface area contributed by atoms with Gasteiger partial charge in [0.15, 0.2) is 6.29 Å². The third kappa shape index (κ3) is 10.3. The number of aliphatic hydroxyl groups is 4. The van der Waals surface area contributed by atoms with E-state index >= 15 is 0 Å². The van der Waals surface area contributed by atoms with Crippen LogP contribution in [0.25, 0.3) is 0 Å². The van der Waals surface area contributed by atoms with Crippen molar-refractivity contribution in [2.45, 2.75) is 50.1 Å². The molecule has 0 aromatic carbocycles. The Morgan fingerprint density at radius 3 is 1.90 bits per heavy atom. The van der Waals surface area contributed by atoms with E-state index in [1.54, 1.807) is 6.20 Å². The third-order valence-electron chi connectivity index (χ3n) is 8.46. The van der Waals surface area contributed by atoms with Gasteiger partial charge >= 0.3 is 17.9 Å². The second-order valence-electron chi connectivity index (χ2n) is 12.1. The third-order valence-corrected chi connectivity index (χ3v) is 8.46. The summed E-state index contributed by atoms with van der Waals surface area (Å²) in [6, 6.07) is 0. The highest BCUT2D eigenvalue weighted by Gasteiger charge is 2.43. The Morgan fingerprint density at radius 1 is 0.792 bits per heavy atom. The molecule has 0 aliphatic carbocycles. The minimum atomic E-state index is -1.64. The summed E-state index contributed by atoms with van der Waals surface area (Å²) in [7, 11) is 0. The number of hydrogen-bond donors (Lipinski definition) is 5. The minimum absolute atomic E-state index is 0.0103. The van der Waals surface area contributed by atoms with Crippen LogP contribution in [0.4, 0.5) is 0 Å². The maximum Gasteiger partial charge on any atom is 0.346 e. The molecule has 1 aromatic rings. The zero-order chi connectivity index (χ0) is 34.2. The van der Waals surface area contributed by atoms with Crippen molar-refractivity contribution in [3.05, 3.63) is 11.9 Å². The summed E-state index contributed by atoms with van der Waals surface area (Å²) in [5, 5.41) is 50.6. The first-order valence-corrected chi connectivity index (χ1v) is 15.9. The molecule has 3 unspecified atom stereocenters. The normalized spacial score (nSPS) is 34.1. The number of nitrogens with one attached hydrogen (secondary N) is 1. The summed E-state index contributed by atoms with van der Waals surface area (Å²) in [4.78, 5) is 73.1. The van der Waals surface area contributed by atoms with E-state index in [4.69, 9.17) is 19.2 Å². The second kappa shape index (κ2) is 16.8. The standard InChI is InChI=1S/C27H43N9O12/c37-20(28-3-1-2-18-12-35(30-29-18)13-19-24(41)25(42)26(43)27(44)45-19)14-31-4-6-32-8-10-34-11-9-33(7-5-31)16-22(39)47-36(46-21(38)15-32)48-23(40)17-34/h12,19,24-27,41-44H,1-11,13-17H2,(H,28,37)/t19-,24-,25+,26-,27?/m1/s1. The Morgan fingerprint density at radius 2 is 1.33 bits per heavy atom. The summed E-state index contributed by atoms with van der Waals surface area (Å²) < 4.78 is 6.58. The molecule has 1 amide bonds. The van der Waals surface area contributed by atoms with Gasteiger partial charge in [0.2, 0.25) is 11.3 Å². The molecule has 0 spiro atoms. The molecule has 48 heavy (non-hydrogen) atoms. The first-order valence-electron chi connectivity index (χ1n) is 15.9. The smallest absolute Gasteiger partial charge is 0.346 e. The Bertz CT molecular complexity index is 1240. The number of carbonyl (C=O) groups is 4. The SMILES string of the molecule is O=C(CN1CCN2CCN3CCN(CC1)CC(=O)ON(OC(=O)C2)OC(=O)C3)NCCCc1cn(C[C@H]2OC(O)[C@H](O)[C@@H](O)[C@@H]2O)nn1. The fourth-order valence-corrected chi connectivity index (χ4v) is 5.72. The molecule has 4 fully saturated rings. The van der Waals surface area contributed by atoms with Gasteiger partial charge in [0, 0.05) is 65.1 Å². The molecule has 4 aliphatic heterocycles. The molecular formula is C27H43N9O12. The highest BCUT2D eigenvalue weighted by molar-refractivity contribution is 5.78. The van der Waals surface area contributed by atoms with Crippen LogP contribution in [0, 0.1) is 0 Å². The molecule has 268 valence electrons. The predicted molar refractivity (Wildman–Crippen MR) is 156 cm³/mol. The van der Waals surface area contributed by atoms with Crippen molar-refractivity contribution in [3.8, 4) is 0 Å². The van der Waals surface area contributed by atoms with Gasteiger partial charge in [0.05, 0.1) is 38.4 Å². The van der Waals surface area contributed by atoms with E-state index in [2.05, 4.69) is 15.6 Å². The van der Waals surface area contributed by atoms with Crippen molar-refractivity contribution < 1.29 is 58.9 Å². The van der Waals surface area contributed by atoms with Gasteiger partial charge in [-0.25, -0.2) is 19.1 Å². The lowest BCUT2D eigenvalue weighted by Gasteiger charge is -2.38. The molecule has 4 bridgehead atoms. The van der Waals surface area contributed by atoms with Crippen LogP contribution in [0.5, 0.6) is 0 Å². The number of aryl methyl sites for hydroxylation is 1. The molecule has 5 rings (SSSR count). The lowest BCUT2D eigenvalue weighted by molar-refractivity contribution is -0.464. The van der Waals surface area contributed by atoms with Crippen LogP contribution in [0.2, 0.25) is 0 Å². The van der Waals surface area contributed by atoms with Crippen molar-refractivity contribution in [3.63, 3.8) is 0 Å². The number of rotatable bonds is 8. The van der Waals surface area contributed by atoms with Crippen LogP contribution < -0.4 is 5.32 Å². The molecule has 0 saturated carbocycles. The van der Waals surface area contributed by atoms with Crippen molar-refractivity contribution in [2.75, 3.05) is 85.1 Å². The quantitative estimate of drug-likeness (QED) is 0.160. The van der Waals surface area contributed by atoms with E-state index in [1.165, 1.54) is 4.68 Å². The molecule has 21 nitrogen and oxygen atoms in total. The summed E-state index contributed by atoms with van der Waals surface area (Å²) in [5.41, 5.74) is 0.622. The molecule has 4 aliphatic rings. The first-order chi connectivity index (χ1) is 23.0. The van der Waals surface area contributed by atoms with Crippen LogP contribution in [0.15, 0.2) is 6.20 Å². The molecule has 21 heteroatoms. The molecule has 5 heterocycles. The number of fused-ring (bicyclic) bond motifs is 7. The zero-order valence-electron chi connectivity index (χ0n) is 26.4. The van der Waals surface area contributed by atoms with E-state index < -0.39 is 48.6 Å². The van der Waals surface area contributed by atoms with E-state index in [9.17, 15) is 39.6 Å². The summed E-state index contributed by atoms with van der Waals surface area (Å²) >= 11 is 0. The molecular weight excluding hydrogens is 642 g/mol. The zero-order valence-corrected chi connectivity index (χ0v) is 26.4. The van der Waals surface area contributed by atoms with Crippen LogP contribution in [0.3, 0.4) is 0 Å². The van der Waals surface area contributed by atoms with Crippen molar-refractivity contribution in [1.29, 1.82) is 0 Å². The van der Waals surface area contributed by atoms with Gasteiger partial charge in [-0.15, -0.1) is 5.10 Å². The molecule has 7 atom stereocenters. The number of hydrogen-bond acceptors (Lipinski definition) is 19. The van der Waals surface area contributed by atoms with Crippen LogP contribution in [-0.2, 0) is 51.4 Å². The monoisotopic (exact) mass is 685 g/mol. The maximum atomic E-state index is 12.9. The summed E-state index contributed by atoms with van der Waals surface area (Å²) in [5.74, 6) is -2.49. The van der Waals surface area contributed by atoms with E-state index in [-0.39, 0.29) is 44.0 Å². The summed E-state index contributed by atoms with van der Waals surface area (Å²) in [6.45, 7) is 3.65. The van der Waals surface area contributed by atoms with Crippen LogP contribution in [-0.4, -0.2) is 200 Å². The van der Waals surface area contributed by atoms with Gasteiger partial charge in [-0.1, -0.05) is 5.21 Å². The predicted octanol–water partition coefficient (Wildman–Crippen LogP) is -5.95. The number of ether oxygens (including phenoxy) is 1. The number of carbonyl (C=O) groups excluding carboxylic acids is 4. The number of aliphatic hydroxyl groups excluding tert-OH is 4. The van der Waals surface area contributed by atoms with Gasteiger partial charge in [0.25, 0.3) is 0 Å². The average Bonchev–Trinajstić information content (AvgIpc) is 3.47. The topological polar surface area (TPSA) is 245 Å². The fraction of sp³-hybridized carbons (Fsp3) is 0.778. The molecule has 4 saturated heterocycles. The van der Waals surface area contributed by atoms with Gasteiger partial charge in [0.1, 0.15) is 24.4 Å². The Kier molecular flexibility index (Phi) is 12.6. The number of amides is 1. The van der Waals surface area contributed by atoms with Gasteiger partial charge in [-0.05, 0) is 12.8 Å². The summed E-state index contributed by atoms with van der Waals surface area (Å²) in [6.07, 6.45) is -4.58. The number of nitrogens with zero attached hydrogens (tertiary/aromatic N) is 8. The highest BCUT2D eigenvalue weighted by Crippen LogP contribution is 2.21. The van der Waals surface area contributed by atoms with Gasteiger partial charge in [-0.3, -0.25) is 38.9 Å². The average molecular weight is 686 g/mol. The highest BCUT2D eigenvalue weighted by atomic mass is 17.2. The first kappa shape index (κ1) is 35.9. The molecule has 0 radical (unpaired) electrons. The molecule has 5 N–H and O–H groups in total. The lowest BCUT2D eigenvalue weighted by atomic mass is 9.99. The van der Waals surface area contributed by atoms with E-state index in [1.807, 2.05) is 19.6 Å². The fourth-order valence-electron chi connectivity index (χ4n) is 5.72. The van der Waals surface area contributed by atoms with E-state index in [0.717, 1.165) is 0 Å². The Balaban J connectivity index is 1.12. The number of aromatic nitrogens is 3. The Labute approximate surface area is 275 Å². The minimum Gasteiger partial charge on any atom is -0.388 e. The van der Waals surface area contributed by atoms with Crippen molar-refractivity contribution >= 4 is 23.8 Å². The lowest BCUT2D eigenvalue weighted by Crippen LogP contribution is -2.58. The van der Waals surface area contributed by atoms with Gasteiger partial charge in [-0.2, -0.15) is 0 Å².